The first kappa shape index (κ1) is 57.6. The summed E-state index contributed by atoms with van der Waals surface area (Å²) < 4.78 is 25.9. The zero-order valence-corrected chi connectivity index (χ0v) is 46.9. The highest BCUT2D eigenvalue weighted by Crippen LogP contribution is 2.47. The van der Waals surface area contributed by atoms with Gasteiger partial charge in [-0.3, -0.25) is 9.59 Å². The van der Waals surface area contributed by atoms with Gasteiger partial charge in [0.2, 0.25) is 0 Å². The van der Waals surface area contributed by atoms with Crippen LogP contribution in [0.1, 0.15) is 255 Å². The molecule has 0 fully saturated rings. The Morgan fingerprint density at radius 2 is 0.735 bits per heavy atom. The van der Waals surface area contributed by atoms with Crippen molar-refractivity contribution in [2.24, 2.45) is 35.5 Å². The van der Waals surface area contributed by atoms with Gasteiger partial charge in [0.15, 0.2) is 0 Å². The van der Waals surface area contributed by atoms with Crippen LogP contribution >= 0.6 is 0 Å². The Balaban J connectivity index is 1.24. The molecule has 68 heavy (non-hydrogen) atoms. The number of esters is 2. The lowest BCUT2D eigenvalue weighted by Gasteiger charge is -2.38. The third-order valence-corrected chi connectivity index (χ3v) is 16.6. The van der Waals surface area contributed by atoms with Crippen molar-refractivity contribution < 1.29 is 28.5 Å². The standard InChI is InChI=1S/C62H102O6/c1-41(2)23-17-25-43(5)27-19-29-45(7)31-21-37-61(15)39-35-53-51(13)57(47(9)49(11)59(53)67-61)65-55(63)33-34-56(64)66-58-48(10)50(12)60-54(52(58)14)36-40-62(16,68-60)38-22-32-46(8)30-20-28-44(6)26-18-24-42(3)4/h41-46H,17-40H2,1-16H3/t43-,44-,45-,46-,61-,62-/m1/s1. The Morgan fingerprint density at radius 3 is 1.04 bits per heavy atom. The second-order valence-corrected chi connectivity index (χ2v) is 24.3. The maximum absolute atomic E-state index is 13.4. The summed E-state index contributed by atoms with van der Waals surface area (Å²) in [4.78, 5) is 26.8. The molecule has 0 N–H and O–H groups in total. The molecule has 2 heterocycles. The maximum Gasteiger partial charge on any atom is 0.311 e. The number of benzene rings is 2. The van der Waals surface area contributed by atoms with Gasteiger partial charge in [-0.2, -0.15) is 0 Å². The van der Waals surface area contributed by atoms with Crippen LogP contribution in [-0.4, -0.2) is 23.1 Å². The van der Waals surface area contributed by atoms with Crippen LogP contribution < -0.4 is 18.9 Å². The smallest absolute Gasteiger partial charge is 0.311 e. The molecule has 6 nitrogen and oxygen atoms in total. The number of fused-ring (bicyclic) bond motifs is 2. The molecular weight excluding hydrogens is 841 g/mol. The van der Waals surface area contributed by atoms with E-state index < -0.39 is 11.9 Å². The molecule has 0 amide bonds. The molecule has 2 aliphatic heterocycles. The van der Waals surface area contributed by atoms with Crippen molar-refractivity contribution in [3.8, 4) is 23.0 Å². The van der Waals surface area contributed by atoms with Gasteiger partial charge >= 0.3 is 11.9 Å². The van der Waals surface area contributed by atoms with Gasteiger partial charge in [0.05, 0.1) is 12.8 Å². The normalized spacial score (nSPS) is 19.7. The van der Waals surface area contributed by atoms with Gasteiger partial charge in [-0.25, -0.2) is 0 Å². The molecule has 4 rings (SSSR count). The summed E-state index contributed by atoms with van der Waals surface area (Å²) in [6.45, 7) is 35.8. The van der Waals surface area contributed by atoms with Gasteiger partial charge in [0.25, 0.3) is 0 Å². The summed E-state index contributed by atoms with van der Waals surface area (Å²) in [6.07, 6.45) is 26.6. The van der Waals surface area contributed by atoms with Gasteiger partial charge < -0.3 is 18.9 Å². The minimum atomic E-state index is -0.428. The Bertz CT molecular complexity index is 1790. The van der Waals surface area contributed by atoms with Crippen LogP contribution in [0, 0.1) is 77.0 Å². The Morgan fingerprint density at radius 1 is 0.441 bits per heavy atom. The first-order valence-electron chi connectivity index (χ1n) is 28.1. The van der Waals surface area contributed by atoms with E-state index in [0.29, 0.717) is 11.5 Å². The fourth-order valence-corrected chi connectivity index (χ4v) is 11.4. The molecule has 6 heteroatoms. The first-order valence-corrected chi connectivity index (χ1v) is 28.1. The first-order chi connectivity index (χ1) is 32.0. The topological polar surface area (TPSA) is 71.1 Å². The van der Waals surface area contributed by atoms with Crippen molar-refractivity contribution in [3.63, 3.8) is 0 Å². The zero-order chi connectivity index (χ0) is 50.3. The zero-order valence-electron chi connectivity index (χ0n) is 46.9. The Kier molecular flexibility index (Phi) is 22.8. The fourth-order valence-electron chi connectivity index (χ4n) is 11.4. The summed E-state index contributed by atoms with van der Waals surface area (Å²) in [7, 11) is 0. The fraction of sp³-hybridized carbons (Fsp3) is 0.774. The van der Waals surface area contributed by atoms with E-state index in [1.54, 1.807) is 0 Å². The molecule has 0 aliphatic carbocycles. The molecule has 386 valence electrons. The third kappa shape index (κ3) is 17.4. The summed E-state index contributed by atoms with van der Waals surface area (Å²) in [5.74, 6) is 7.04. The average Bonchev–Trinajstić information content (AvgIpc) is 3.26. The van der Waals surface area contributed by atoms with E-state index >= 15 is 0 Å². The van der Waals surface area contributed by atoms with E-state index in [9.17, 15) is 9.59 Å². The SMILES string of the molecule is Cc1c(C)c2c(c(C)c1OC(=O)CCC(=O)Oc1c(C)c(C)c3c(c1C)CC[C@@](C)(CCC[C@H](C)CCC[C@H](C)CCCC(C)C)O3)CC[C@@](C)(CCC[C@H](C)CCC[C@H](C)CCCC(C)C)O2. The van der Waals surface area contributed by atoms with Gasteiger partial charge in [-0.05, 0) is 176 Å². The number of carbonyl (C=O) groups is 2. The maximum atomic E-state index is 13.4. The van der Waals surface area contributed by atoms with Crippen molar-refractivity contribution in [3.05, 3.63) is 44.5 Å². The van der Waals surface area contributed by atoms with Gasteiger partial charge in [-0.15, -0.1) is 0 Å². The van der Waals surface area contributed by atoms with Crippen molar-refractivity contribution in [2.75, 3.05) is 0 Å². The molecule has 0 saturated heterocycles. The Hall–Kier alpha value is -3.02. The summed E-state index contributed by atoms with van der Waals surface area (Å²) in [5.41, 5.74) is 7.67. The Labute approximate surface area is 418 Å². The van der Waals surface area contributed by atoms with E-state index in [-0.39, 0.29) is 24.0 Å². The highest BCUT2D eigenvalue weighted by atomic mass is 16.5. The minimum Gasteiger partial charge on any atom is -0.487 e. The highest BCUT2D eigenvalue weighted by Gasteiger charge is 2.37. The predicted octanol–water partition coefficient (Wildman–Crippen LogP) is 17.9. The molecule has 0 radical (unpaired) electrons. The van der Waals surface area contributed by atoms with Crippen molar-refractivity contribution in [2.45, 2.75) is 276 Å². The number of carbonyl (C=O) groups excluding carboxylic acids is 2. The lowest BCUT2D eigenvalue weighted by Crippen LogP contribution is -2.37. The monoisotopic (exact) mass is 943 g/mol. The molecular formula is C62H102O6. The minimum absolute atomic E-state index is 0.0577. The van der Waals surface area contributed by atoms with Crippen LogP contribution in [0.15, 0.2) is 0 Å². The van der Waals surface area contributed by atoms with Crippen LogP contribution in [0.3, 0.4) is 0 Å². The van der Waals surface area contributed by atoms with E-state index in [4.69, 9.17) is 18.9 Å². The summed E-state index contributed by atoms with van der Waals surface area (Å²) in [6, 6.07) is 0. The number of rotatable bonds is 29. The van der Waals surface area contributed by atoms with Crippen LogP contribution in [0.4, 0.5) is 0 Å². The van der Waals surface area contributed by atoms with E-state index in [0.717, 1.165) is 130 Å². The molecule has 0 unspecified atom stereocenters. The molecule has 0 spiro atoms. The molecule has 2 aromatic carbocycles. The largest absolute Gasteiger partial charge is 0.487 e. The number of ether oxygens (including phenoxy) is 4. The number of hydrogen-bond acceptors (Lipinski definition) is 6. The summed E-state index contributed by atoms with van der Waals surface area (Å²) in [5, 5.41) is 0. The van der Waals surface area contributed by atoms with Gasteiger partial charge in [0, 0.05) is 11.1 Å². The molecule has 0 saturated carbocycles. The highest BCUT2D eigenvalue weighted by molar-refractivity contribution is 5.81. The van der Waals surface area contributed by atoms with Crippen molar-refractivity contribution in [1.82, 2.24) is 0 Å². The predicted molar refractivity (Wildman–Crippen MR) is 286 cm³/mol. The second-order valence-electron chi connectivity index (χ2n) is 24.3. The van der Waals surface area contributed by atoms with E-state index in [2.05, 4.69) is 83.1 Å². The average molecular weight is 943 g/mol. The summed E-state index contributed by atoms with van der Waals surface area (Å²) >= 11 is 0. The van der Waals surface area contributed by atoms with Gasteiger partial charge in [-0.1, -0.05) is 145 Å². The van der Waals surface area contributed by atoms with E-state index in [1.807, 2.05) is 27.7 Å². The quantitative estimate of drug-likeness (QED) is 0.0598. The van der Waals surface area contributed by atoms with Crippen molar-refractivity contribution in [1.29, 1.82) is 0 Å². The second kappa shape index (κ2) is 27.0. The van der Waals surface area contributed by atoms with Crippen molar-refractivity contribution >= 4 is 11.9 Å². The van der Waals surface area contributed by atoms with Crippen LogP contribution in [0.5, 0.6) is 23.0 Å². The lowest BCUT2D eigenvalue weighted by molar-refractivity contribution is -0.140. The van der Waals surface area contributed by atoms with Crippen LogP contribution in [0.2, 0.25) is 0 Å². The molecule has 0 bridgehead atoms. The van der Waals surface area contributed by atoms with Crippen LogP contribution in [0.25, 0.3) is 0 Å². The molecule has 2 aliphatic rings. The van der Waals surface area contributed by atoms with E-state index in [1.165, 1.54) is 103 Å². The molecule has 0 aromatic heterocycles. The lowest BCUT2D eigenvalue weighted by atomic mass is 9.83. The third-order valence-electron chi connectivity index (χ3n) is 16.6. The molecule has 6 atom stereocenters. The molecule has 2 aromatic rings. The van der Waals surface area contributed by atoms with Gasteiger partial charge in [0.1, 0.15) is 34.2 Å². The number of hydrogen-bond donors (Lipinski definition) is 0. The van der Waals surface area contributed by atoms with Crippen LogP contribution in [-0.2, 0) is 22.4 Å².